The van der Waals surface area contributed by atoms with Crippen LogP contribution in [0, 0.1) is 19.3 Å². The van der Waals surface area contributed by atoms with Crippen LogP contribution in [-0.4, -0.2) is 29.6 Å². The van der Waals surface area contributed by atoms with Crippen LogP contribution in [0.15, 0.2) is 0 Å². The molecule has 0 bridgehead atoms. The zero-order valence-corrected chi connectivity index (χ0v) is 10.3. The Morgan fingerprint density at radius 1 is 1.38 bits per heavy atom. The predicted molar refractivity (Wildman–Crippen MR) is 66.1 cm³/mol. The second kappa shape index (κ2) is 4.92. The molecule has 1 aromatic heterocycles. The van der Waals surface area contributed by atoms with Gasteiger partial charge in [-0.3, -0.25) is 5.41 Å². The van der Waals surface area contributed by atoms with Gasteiger partial charge in [0.25, 0.3) is 0 Å². The normalized spacial score (nSPS) is 10.2. The molecule has 0 fully saturated rings. The number of nitrogens with two attached hydrogens (primary N) is 1. The average molecular weight is 221 g/mol. The smallest absolute Gasteiger partial charge is 0.162 e. The molecule has 3 N–H and O–H groups in total. The van der Waals surface area contributed by atoms with E-state index in [0.717, 1.165) is 24.2 Å². The molecule has 0 spiro atoms. The molecular weight excluding hydrogens is 202 g/mol. The van der Waals surface area contributed by atoms with Gasteiger partial charge in [-0.25, -0.2) is 0 Å². The van der Waals surface area contributed by atoms with Gasteiger partial charge in [0.2, 0.25) is 0 Å². The summed E-state index contributed by atoms with van der Waals surface area (Å²) < 4.78 is 0. The number of amidine groups is 1. The van der Waals surface area contributed by atoms with E-state index < -0.39 is 0 Å². The molecule has 0 saturated heterocycles. The largest absolute Gasteiger partial charge is 0.384 e. The highest BCUT2D eigenvalue weighted by Gasteiger charge is 2.16. The number of nitrogens with one attached hydrogen (secondary N) is 1. The van der Waals surface area contributed by atoms with Crippen LogP contribution in [0.25, 0.3) is 0 Å². The van der Waals surface area contributed by atoms with Gasteiger partial charge >= 0.3 is 0 Å². The Morgan fingerprint density at radius 3 is 2.50 bits per heavy atom. The molecule has 0 aromatic carbocycles. The van der Waals surface area contributed by atoms with Crippen molar-refractivity contribution < 1.29 is 0 Å². The molecule has 1 rings (SSSR count). The van der Waals surface area contributed by atoms with Crippen LogP contribution in [0.3, 0.4) is 0 Å². The summed E-state index contributed by atoms with van der Waals surface area (Å²) in [5, 5.41) is 15.8. The summed E-state index contributed by atoms with van der Waals surface area (Å²) >= 11 is 0. The molecular formula is C11H19N5. The van der Waals surface area contributed by atoms with Gasteiger partial charge in [-0.15, -0.1) is 5.10 Å². The molecule has 0 atom stereocenters. The Bertz CT molecular complexity index is 400. The molecule has 0 aliphatic rings. The molecule has 0 amide bonds. The summed E-state index contributed by atoms with van der Waals surface area (Å²) in [4.78, 5) is 1.98. The number of hydrogen-bond acceptors (Lipinski definition) is 4. The molecule has 0 saturated carbocycles. The molecule has 5 nitrogen and oxygen atoms in total. The average Bonchev–Trinajstić information content (AvgIpc) is 2.21. The van der Waals surface area contributed by atoms with E-state index in [4.69, 9.17) is 11.1 Å². The van der Waals surface area contributed by atoms with Crippen molar-refractivity contribution in [2.24, 2.45) is 5.73 Å². The Hall–Kier alpha value is -1.65. The number of nitrogen functional groups attached to an aromatic ring is 1. The van der Waals surface area contributed by atoms with Crippen molar-refractivity contribution in [2.75, 3.05) is 18.5 Å². The minimum atomic E-state index is 0.0495. The summed E-state index contributed by atoms with van der Waals surface area (Å²) in [7, 11) is 1.94. The van der Waals surface area contributed by atoms with Gasteiger partial charge in [-0.05, 0) is 25.8 Å². The van der Waals surface area contributed by atoms with E-state index in [2.05, 4.69) is 17.1 Å². The standard InChI is InChI=1S/C11H19N5/c1-5-6-16(4)11-9(10(12)13)7(2)8(3)14-15-11/h5-6H2,1-4H3,(H3,12,13). The monoisotopic (exact) mass is 221 g/mol. The third-order valence-electron chi connectivity index (χ3n) is 2.63. The minimum Gasteiger partial charge on any atom is -0.384 e. The molecule has 16 heavy (non-hydrogen) atoms. The quantitative estimate of drug-likeness (QED) is 0.592. The fourth-order valence-corrected chi connectivity index (χ4v) is 1.63. The third kappa shape index (κ3) is 2.29. The zero-order chi connectivity index (χ0) is 12.3. The first-order valence-corrected chi connectivity index (χ1v) is 5.38. The van der Waals surface area contributed by atoms with Crippen LogP contribution in [0.1, 0.15) is 30.2 Å². The van der Waals surface area contributed by atoms with E-state index in [0.29, 0.717) is 11.4 Å². The van der Waals surface area contributed by atoms with Crippen LogP contribution >= 0.6 is 0 Å². The molecule has 1 aromatic rings. The van der Waals surface area contributed by atoms with Gasteiger partial charge < -0.3 is 10.6 Å². The van der Waals surface area contributed by atoms with E-state index in [1.165, 1.54) is 0 Å². The van der Waals surface area contributed by atoms with Crippen LogP contribution < -0.4 is 10.6 Å². The Morgan fingerprint density at radius 2 is 2.00 bits per heavy atom. The van der Waals surface area contributed by atoms with E-state index >= 15 is 0 Å². The topological polar surface area (TPSA) is 78.9 Å². The summed E-state index contributed by atoms with van der Waals surface area (Å²) in [6.45, 7) is 6.76. The molecule has 5 heteroatoms. The second-order valence-corrected chi connectivity index (χ2v) is 3.94. The van der Waals surface area contributed by atoms with Crippen molar-refractivity contribution in [1.29, 1.82) is 5.41 Å². The molecule has 0 radical (unpaired) electrons. The lowest BCUT2D eigenvalue weighted by molar-refractivity contribution is 0.811. The van der Waals surface area contributed by atoms with E-state index in [1.54, 1.807) is 0 Å². The van der Waals surface area contributed by atoms with Gasteiger partial charge in [0.05, 0.1) is 11.3 Å². The van der Waals surface area contributed by atoms with E-state index in [1.807, 2.05) is 25.8 Å². The number of aryl methyl sites for hydroxylation is 1. The summed E-state index contributed by atoms with van der Waals surface area (Å²) in [6, 6.07) is 0. The fourth-order valence-electron chi connectivity index (χ4n) is 1.63. The van der Waals surface area contributed by atoms with Crippen LogP contribution in [0.5, 0.6) is 0 Å². The number of hydrogen-bond donors (Lipinski definition) is 2. The maximum Gasteiger partial charge on any atom is 0.162 e. The van der Waals surface area contributed by atoms with Crippen molar-refractivity contribution in [3.05, 3.63) is 16.8 Å². The maximum absolute atomic E-state index is 7.62. The van der Waals surface area contributed by atoms with Crippen molar-refractivity contribution in [3.8, 4) is 0 Å². The Labute approximate surface area is 96.2 Å². The molecule has 1 heterocycles. The van der Waals surface area contributed by atoms with Crippen LogP contribution in [0.4, 0.5) is 5.82 Å². The zero-order valence-electron chi connectivity index (χ0n) is 10.3. The molecule has 0 aliphatic carbocycles. The SMILES string of the molecule is CCCN(C)c1nnc(C)c(C)c1C(=N)N. The van der Waals surface area contributed by atoms with Crippen LogP contribution in [0.2, 0.25) is 0 Å². The number of anilines is 1. The lowest BCUT2D eigenvalue weighted by atomic mass is 10.1. The molecule has 0 unspecified atom stereocenters. The van der Waals surface area contributed by atoms with Crippen molar-refractivity contribution in [2.45, 2.75) is 27.2 Å². The van der Waals surface area contributed by atoms with Crippen molar-refractivity contribution >= 4 is 11.7 Å². The van der Waals surface area contributed by atoms with E-state index in [9.17, 15) is 0 Å². The second-order valence-electron chi connectivity index (χ2n) is 3.94. The lowest BCUT2D eigenvalue weighted by Gasteiger charge is -2.21. The number of rotatable bonds is 4. The highest BCUT2D eigenvalue weighted by atomic mass is 15.2. The lowest BCUT2D eigenvalue weighted by Crippen LogP contribution is -2.26. The first kappa shape index (κ1) is 12.4. The van der Waals surface area contributed by atoms with E-state index in [-0.39, 0.29) is 5.84 Å². The van der Waals surface area contributed by atoms with Gasteiger partial charge in [0.1, 0.15) is 5.84 Å². The van der Waals surface area contributed by atoms with Crippen molar-refractivity contribution in [1.82, 2.24) is 10.2 Å². The van der Waals surface area contributed by atoms with Gasteiger partial charge in [-0.2, -0.15) is 5.10 Å². The summed E-state index contributed by atoms with van der Waals surface area (Å²) in [5.74, 6) is 0.742. The van der Waals surface area contributed by atoms with Crippen LogP contribution in [-0.2, 0) is 0 Å². The number of nitrogens with zero attached hydrogens (tertiary/aromatic N) is 3. The minimum absolute atomic E-state index is 0.0495. The van der Waals surface area contributed by atoms with Crippen molar-refractivity contribution in [3.63, 3.8) is 0 Å². The Kier molecular flexibility index (Phi) is 3.82. The fraction of sp³-hybridized carbons (Fsp3) is 0.545. The van der Waals surface area contributed by atoms with Gasteiger partial charge in [-0.1, -0.05) is 6.92 Å². The molecule has 88 valence electrons. The molecule has 0 aliphatic heterocycles. The highest BCUT2D eigenvalue weighted by Crippen LogP contribution is 2.20. The first-order chi connectivity index (χ1) is 7.49. The summed E-state index contributed by atoms with van der Waals surface area (Å²) in [5.41, 5.74) is 8.05. The highest BCUT2D eigenvalue weighted by molar-refractivity contribution is 6.01. The van der Waals surface area contributed by atoms with Gasteiger partial charge in [0.15, 0.2) is 5.82 Å². The van der Waals surface area contributed by atoms with Gasteiger partial charge in [0, 0.05) is 13.6 Å². The Balaban J connectivity index is 3.28. The summed E-state index contributed by atoms with van der Waals surface area (Å²) in [6.07, 6.45) is 1.02. The maximum atomic E-state index is 7.62. The predicted octanol–water partition coefficient (Wildman–Crippen LogP) is 1.22. The third-order valence-corrected chi connectivity index (χ3v) is 2.63. The first-order valence-electron chi connectivity index (χ1n) is 5.38. The number of aromatic nitrogens is 2.